The zero-order valence-electron chi connectivity index (χ0n) is 23.1. The molecule has 37 heavy (non-hydrogen) atoms. The van der Waals surface area contributed by atoms with Crippen molar-refractivity contribution in [1.29, 1.82) is 0 Å². The van der Waals surface area contributed by atoms with Crippen molar-refractivity contribution in [2.45, 2.75) is 110 Å². The van der Waals surface area contributed by atoms with Gasteiger partial charge >= 0.3 is 5.97 Å². The number of ether oxygens (including phenoxy) is 1. The Morgan fingerprint density at radius 3 is 2.32 bits per heavy atom. The van der Waals surface area contributed by atoms with E-state index < -0.39 is 51.0 Å². The van der Waals surface area contributed by atoms with Crippen LogP contribution in [0.3, 0.4) is 0 Å². The van der Waals surface area contributed by atoms with Crippen LogP contribution in [-0.2, 0) is 14.3 Å². The Balaban J connectivity index is 1.57. The molecular weight excluding hydrogens is 472 g/mol. The first-order valence-corrected chi connectivity index (χ1v) is 13.9. The Morgan fingerprint density at radius 2 is 1.70 bits per heavy atom. The van der Waals surface area contributed by atoms with E-state index in [0.29, 0.717) is 37.7 Å². The molecule has 206 valence electrons. The minimum Gasteiger partial charge on any atom is -0.455 e. The molecule has 10 atom stereocenters. The number of ketones is 1. The molecule has 3 saturated carbocycles. The summed E-state index contributed by atoms with van der Waals surface area (Å²) >= 11 is 0. The van der Waals surface area contributed by atoms with Crippen molar-refractivity contribution in [3.63, 3.8) is 0 Å². The van der Waals surface area contributed by atoms with Crippen LogP contribution in [0.15, 0.2) is 23.3 Å². The summed E-state index contributed by atoms with van der Waals surface area (Å²) < 4.78 is 5.69. The van der Waals surface area contributed by atoms with Crippen molar-refractivity contribution in [2.75, 3.05) is 6.61 Å². The van der Waals surface area contributed by atoms with E-state index in [1.54, 1.807) is 19.9 Å². The van der Waals surface area contributed by atoms with Crippen molar-refractivity contribution >= 4 is 11.8 Å². The molecule has 0 spiro atoms. The maximum Gasteiger partial charge on any atom is 0.334 e. The van der Waals surface area contributed by atoms with Gasteiger partial charge in [0.05, 0.1) is 6.10 Å². The molecule has 0 aromatic heterocycles. The van der Waals surface area contributed by atoms with E-state index in [-0.39, 0.29) is 30.6 Å². The highest BCUT2D eigenvalue weighted by molar-refractivity contribution is 5.97. The number of rotatable bonds is 3. The highest BCUT2D eigenvalue weighted by Crippen LogP contribution is 2.76. The summed E-state index contributed by atoms with van der Waals surface area (Å²) in [6.45, 7) is 11.0. The van der Waals surface area contributed by atoms with Crippen LogP contribution in [0.1, 0.15) is 86.5 Å². The Labute approximate surface area is 220 Å². The molecule has 7 heteroatoms. The van der Waals surface area contributed by atoms with Gasteiger partial charge in [-0.15, -0.1) is 0 Å². The van der Waals surface area contributed by atoms with Crippen molar-refractivity contribution in [1.82, 2.24) is 0 Å². The first kappa shape index (κ1) is 27.0. The molecule has 4 N–H and O–H groups in total. The number of hydrogen-bond donors (Lipinski definition) is 4. The van der Waals surface area contributed by atoms with Gasteiger partial charge in [0.15, 0.2) is 5.78 Å². The number of carbonyl (C=O) groups is 2. The van der Waals surface area contributed by atoms with E-state index in [1.165, 1.54) is 6.08 Å². The Hall–Kier alpha value is -1.54. The van der Waals surface area contributed by atoms with Crippen LogP contribution in [0.25, 0.3) is 0 Å². The Bertz CT molecular complexity index is 1090. The van der Waals surface area contributed by atoms with Crippen molar-refractivity contribution in [2.24, 2.45) is 33.5 Å². The van der Waals surface area contributed by atoms with Gasteiger partial charge in [-0.05, 0) is 77.2 Å². The van der Waals surface area contributed by atoms with Crippen LogP contribution in [-0.4, -0.2) is 62.2 Å². The monoisotopic (exact) mass is 516 g/mol. The van der Waals surface area contributed by atoms with Gasteiger partial charge in [0, 0.05) is 40.3 Å². The minimum atomic E-state index is -1.74. The summed E-state index contributed by atoms with van der Waals surface area (Å²) in [4.78, 5) is 26.0. The molecule has 1 heterocycles. The standard InChI is InChI=1S/C30H44O7/c1-17-15-23(37-24(34)18(17)2)28(6,35)30(36)14-13-29(16-31)20-9-11-25(3)21(32)7-8-22(33)27(25,5)19(20)10-12-26(29,30)4/h7-8,19-21,23,31-32,35-36H,9-16H2,1-6H3/t19?,20?,21-,23?,25+,26+,27+,28+,29-,30+/m1/s1. The smallest absolute Gasteiger partial charge is 0.334 e. The SMILES string of the molecule is CC1=C(C)C(=O)OC([C@](C)(O)[C@]2(O)CC[C@@]3(CO)C4CC[C@@]5(C)[C@H](O)C=CC(=O)[C@]5(C)C4CC[C@@]32C)C1. The average Bonchev–Trinajstić information content (AvgIpc) is 3.10. The van der Waals surface area contributed by atoms with E-state index in [2.05, 4.69) is 0 Å². The fourth-order valence-corrected chi connectivity index (χ4v) is 9.87. The molecule has 7 nitrogen and oxygen atoms in total. The molecule has 0 amide bonds. The van der Waals surface area contributed by atoms with Crippen molar-refractivity contribution < 1.29 is 34.8 Å². The summed E-state index contributed by atoms with van der Waals surface area (Å²) in [7, 11) is 0. The number of esters is 1. The Morgan fingerprint density at radius 1 is 1.05 bits per heavy atom. The van der Waals surface area contributed by atoms with Crippen LogP contribution in [0.4, 0.5) is 0 Å². The molecule has 0 bridgehead atoms. The number of aliphatic hydroxyl groups excluding tert-OH is 2. The molecule has 0 radical (unpaired) electrons. The van der Waals surface area contributed by atoms with Crippen molar-refractivity contribution in [3.05, 3.63) is 23.3 Å². The summed E-state index contributed by atoms with van der Waals surface area (Å²) in [5, 5.41) is 46.7. The fourth-order valence-electron chi connectivity index (χ4n) is 9.87. The van der Waals surface area contributed by atoms with Crippen LogP contribution in [0, 0.1) is 33.5 Å². The number of carbonyl (C=O) groups excluding carboxylic acids is 2. The minimum absolute atomic E-state index is 0.0266. The molecule has 0 aromatic rings. The van der Waals surface area contributed by atoms with Crippen LogP contribution >= 0.6 is 0 Å². The maximum absolute atomic E-state index is 13.5. The second-order valence-electron chi connectivity index (χ2n) is 13.7. The van der Waals surface area contributed by atoms with Crippen LogP contribution < -0.4 is 0 Å². The fraction of sp³-hybridized carbons (Fsp3) is 0.800. The summed E-state index contributed by atoms with van der Waals surface area (Å²) in [6.07, 6.45) is 5.16. The molecule has 5 rings (SSSR count). The van der Waals surface area contributed by atoms with Crippen molar-refractivity contribution in [3.8, 4) is 0 Å². The van der Waals surface area contributed by atoms with Gasteiger partial charge in [-0.1, -0.05) is 32.4 Å². The Kier molecular flexibility index (Phi) is 5.84. The third-order valence-corrected chi connectivity index (χ3v) is 13.0. The predicted octanol–water partition coefficient (Wildman–Crippen LogP) is 3.23. The van der Waals surface area contributed by atoms with Gasteiger partial charge in [-0.3, -0.25) is 4.79 Å². The average molecular weight is 517 g/mol. The number of aliphatic hydroxyl groups is 4. The highest BCUT2D eigenvalue weighted by atomic mass is 16.6. The molecule has 5 aliphatic rings. The van der Waals surface area contributed by atoms with Gasteiger partial charge in [0.2, 0.25) is 0 Å². The molecule has 4 aliphatic carbocycles. The normalized spacial score (nSPS) is 51.2. The van der Waals surface area contributed by atoms with Gasteiger partial charge < -0.3 is 25.2 Å². The van der Waals surface area contributed by atoms with E-state index in [9.17, 15) is 30.0 Å². The van der Waals surface area contributed by atoms with Crippen LogP contribution in [0.5, 0.6) is 0 Å². The summed E-state index contributed by atoms with van der Waals surface area (Å²) in [5.41, 5.74) is -4.94. The first-order chi connectivity index (χ1) is 17.1. The third kappa shape index (κ3) is 2.92. The molecular formula is C30H44O7. The molecule has 3 unspecified atom stereocenters. The van der Waals surface area contributed by atoms with Gasteiger partial charge in [0.25, 0.3) is 0 Å². The zero-order chi connectivity index (χ0) is 27.4. The number of cyclic esters (lactones) is 1. The number of fused-ring (bicyclic) bond motifs is 5. The summed E-state index contributed by atoms with van der Waals surface area (Å²) in [5.74, 6) is -0.565. The van der Waals surface area contributed by atoms with E-state index in [1.807, 2.05) is 27.7 Å². The zero-order valence-corrected chi connectivity index (χ0v) is 23.1. The van der Waals surface area contributed by atoms with E-state index in [4.69, 9.17) is 4.74 Å². The predicted molar refractivity (Wildman–Crippen MR) is 137 cm³/mol. The molecule has 0 saturated heterocycles. The van der Waals surface area contributed by atoms with Gasteiger partial charge in [-0.2, -0.15) is 0 Å². The lowest BCUT2D eigenvalue weighted by Crippen LogP contribution is -2.72. The third-order valence-electron chi connectivity index (χ3n) is 13.0. The molecule has 3 fully saturated rings. The van der Waals surface area contributed by atoms with E-state index in [0.717, 1.165) is 12.0 Å². The largest absolute Gasteiger partial charge is 0.455 e. The second-order valence-corrected chi connectivity index (χ2v) is 13.7. The lowest BCUT2D eigenvalue weighted by molar-refractivity contribution is -0.278. The second kappa shape index (κ2) is 8.00. The number of hydrogen-bond acceptors (Lipinski definition) is 7. The van der Waals surface area contributed by atoms with E-state index >= 15 is 0 Å². The number of allylic oxidation sites excluding steroid dienone is 1. The quantitative estimate of drug-likeness (QED) is 0.425. The molecule has 1 aliphatic heterocycles. The maximum atomic E-state index is 13.5. The van der Waals surface area contributed by atoms with Gasteiger partial charge in [0.1, 0.15) is 17.3 Å². The topological polar surface area (TPSA) is 124 Å². The summed E-state index contributed by atoms with van der Waals surface area (Å²) in [6, 6.07) is 0. The van der Waals surface area contributed by atoms with Gasteiger partial charge in [-0.25, -0.2) is 4.79 Å². The lowest BCUT2D eigenvalue weighted by atomic mass is 9.36. The first-order valence-electron chi connectivity index (χ1n) is 13.9. The van der Waals surface area contributed by atoms with Crippen LogP contribution in [0.2, 0.25) is 0 Å². The molecule has 0 aromatic carbocycles. The highest BCUT2D eigenvalue weighted by Gasteiger charge is 2.77. The lowest BCUT2D eigenvalue weighted by Gasteiger charge is -2.68.